The van der Waals surface area contributed by atoms with Gasteiger partial charge in [-0.25, -0.2) is 4.98 Å². The van der Waals surface area contributed by atoms with Gasteiger partial charge in [-0.1, -0.05) is 19.3 Å². The van der Waals surface area contributed by atoms with Gasteiger partial charge in [-0.3, -0.25) is 9.56 Å². The molecule has 0 bridgehead atoms. The molecule has 134 valence electrons. The van der Waals surface area contributed by atoms with E-state index in [9.17, 15) is 8.78 Å². The molecule has 0 aromatic carbocycles. The van der Waals surface area contributed by atoms with Crippen LogP contribution in [0.25, 0.3) is 0 Å². The monoisotopic (exact) mass is 357 g/mol. The maximum Gasteiger partial charge on any atom is 0.319 e. The largest absolute Gasteiger partial charge is 0.349 e. The Labute approximate surface area is 145 Å². The second kappa shape index (κ2) is 7.72. The molecule has 2 aliphatic rings. The number of aliphatic imine (C=N–C) groups is 1. The molecule has 2 heterocycles. The van der Waals surface area contributed by atoms with Crippen LogP contribution >= 0.6 is 11.8 Å². The highest BCUT2D eigenvalue weighted by atomic mass is 32.2. The number of thioether (sulfide) groups is 1. The maximum absolute atomic E-state index is 12.9. The summed E-state index contributed by atoms with van der Waals surface area (Å²) in [6.45, 7) is -0.389. The normalized spacial score (nSPS) is 21.5. The molecule has 0 amide bonds. The topological polar surface area (TPSA) is 45.5 Å². The summed E-state index contributed by atoms with van der Waals surface area (Å²) in [5, 5.41) is 3.21. The smallest absolute Gasteiger partial charge is 0.319 e. The Morgan fingerprint density at radius 3 is 2.92 bits per heavy atom. The Balaban J connectivity index is 1.62. The minimum atomic E-state index is -2.57. The van der Waals surface area contributed by atoms with Gasteiger partial charge in [0.25, 0.3) is 0 Å². The Bertz CT molecular complexity index is 563. The molecule has 1 aliphatic carbocycles. The predicted molar refractivity (Wildman–Crippen MR) is 93.5 cm³/mol. The number of hydrogen-bond donors (Lipinski definition) is 1. The van der Waals surface area contributed by atoms with E-state index in [1.54, 1.807) is 7.05 Å². The Morgan fingerprint density at radius 1 is 1.42 bits per heavy atom. The highest BCUT2D eigenvalue weighted by molar-refractivity contribution is 8.00. The molecule has 24 heavy (non-hydrogen) atoms. The minimum Gasteiger partial charge on any atom is -0.349 e. The molecule has 3 rings (SSSR count). The molecule has 5 nitrogen and oxygen atoms in total. The molecule has 1 saturated heterocycles. The van der Waals surface area contributed by atoms with E-state index >= 15 is 0 Å². The van der Waals surface area contributed by atoms with Crippen molar-refractivity contribution in [2.75, 3.05) is 25.9 Å². The van der Waals surface area contributed by atoms with E-state index in [1.165, 1.54) is 44.5 Å². The summed E-state index contributed by atoms with van der Waals surface area (Å²) < 4.78 is 27.1. The number of nitrogens with zero attached hydrogens (tertiary/aromatic N) is 4. The van der Waals surface area contributed by atoms with Crippen LogP contribution in [-0.4, -0.2) is 51.0 Å². The third kappa shape index (κ3) is 3.84. The van der Waals surface area contributed by atoms with Gasteiger partial charge in [-0.2, -0.15) is 20.5 Å². The lowest BCUT2D eigenvalue weighted by Crippen LogP contribution is -2.53. The van der Waals surface area contributed by atoms with Crippen molar-refractivity contribution < 1.29 is 8.78 Å². The number of rotatable bonds is 3. The lowest BCUT2D eigenvalue weighted by Gasteiger charge is -2.45. The predicted octanol–water partition coefficient (Wildman–Crippen LogP) is 3.11. The van der Waals surface area contributed by atoms with Crippen LogP contribution in [0.3, 0.4) is 0 Å². The Kier molecular flexibility index (Phi) is 5.63. The fourth-order valence-electron chi connectivity index (χ4n) is 3.67. The van der Waals surface area contributed by atoms with E-state index in [4.69, 9.17) is 0 Å². The van der Waals surface area contributed by atoms with Crippen molar-refractivity contribution in [2.45, 2.75) is 49.9 Å². The van der Waals surface area contributed by atoms with Crippen LogP contribution in [0.1, 0.15) is 44.5 Å². The zero-order valence-corrected chi connectivity index (χ0v) is 14.9. The highest BCUT2D eigenvalue weighted by Crippen LogP contribution is 2.42. The van der Waals surface area contributed by atoms with Gasteiger partial charge < -0.3 is 10.2 Å². The number of aromatic nitrogens is 2. The van der Waals surface area contributed by atoms with Gasteiger partial charge in [-0.15, -0.1) is 0 Å². The molecular weight excluding hydrogens is 332 g/mol. The summed E-state index contributed by atoms with van der Waals surface area (Å²) in [6.07, 6.45) is 9.18. The first-order valence-electron chi connectivity index (χ1n) is 8.53. The van der Waals surface area contributed by atoms with Crippen molar-refractivity contribution in [2.24, 2.45) is 4.99 Å². The number of nitrogens with one attached hydrogen (secondary N) is 1. The first kappa shape index (κ1) is 17.5. The fourth-order valence-corrected chi connectivity index (χ4v) is 5.24. The van der Waals surface area contributed by atoms with Crippen LogP contribution in [0.5, 0.6) is 0 Å². The van der Waals surface area contributed by atoms with Crippen LogP contribution in [0, 0.1) is 0 Å². The zero-order chi connectivity index (χ0) is 17.0. The zero-order valence-electron chi connectivity index (χ0n) is 14.0. The van der Waals surface area contributed by atoms with E-state index in [2.05, 4.69) is 32.0 Å². The molecular formula is C16H25F2N5S. The molecule has 1 saturated carbocycles. The molecule has 0 radical (unpaired) electrons. The second-order valence-electron chi connectivity index (χ2n) is 6.44. The number of halogens is 2. The molecule has 8 heteroatoms. The summed E-state index contributed by atoms with van der Waals surface area (Å²) in [6, 6.07) is 0. The number of imidazole rings is 1. The van der Waals surface area contributed by atoms with Crippen molar-refractivity contribution in [1.29, 1.82) is 0 Å². The van der Waals surface area contributed by atoms with Crippen LogP contribution in [-0.2, 0) is 6.54 Å². The van der Waals surface area contributed by atoms with Gasteiger partial charge in [0.05, 0.1) is 6.54 Å². The van der Waals surface area contributed by atoms with Crippen molar-refractivity contribution in [3.8, 4) is 0 Å². The SMILES string of the molecule is CN=C(NCc1nccn1C(F)F)N1CCSC2(CCCCC2)C1. The van der Waals surface area contributed by atoms with Crippen molar-refractivity contribution >= 4 is 17.7 Å². The van der Waals surface area contributed by atoms with Crippen molar-refractivity contribution in [1.82, 2.24) is 19.8 Å². The number of guanidine groups is 1. The Morgan fingerprint density at radius 2 is 2.21 bits per heavy atom. The van der Waals surface area contributed by atoms with Gasteiger partial charge in [0.1, 0.15) is 5.82 Å². The average Bonchev–Trinajstić information content (AvgIpc) is 3.05. The lowest BCUT2D eigenvalue weighted by atomic mass is 9.87. The first-order chi connectivity index (χ1) is 11.6. The first-order valence-corrected chi connectivity index (χ1v) is 9.51. The van der Waals surface area contributed by atoms with Crippen LogP contribution in [0.2, 0.25) is 0 Å². The number of hydrogen-bond acceptors (Lipinski definition) is 3. The lowest BCUT2D eigenvalue weighted by molar-refractivity contribution is 0.0668. The van der Waals surface area contributed by atoms with E-state index in [0.717, 1.165) is 29.4 Å². The molecule has 2 fully saturated rings. The van der Waals surface area contributed by atoms with Crippen molar-refractivity contribution in [3.63, 3.8) is 0 Å². The summed E-state index contributed by atoms with van der Waals surface area (Å²) >= 11 is 2.10. The highest BCUT2D eigenvalue weighted by Gasteiger charge is 2.38. The molecule has 1 aromatic rings. The van der Waals surface area contributed by atoms with E-state index in [1.807, 2.05) is 0 Å². The van der Waals surface area contributed by atoms with E-state index in [-0.39, 0.29) is 6.54 Å². The van der Waals surface area contributed by atoms with Crippen LogP contribution in [0.4, 0.5) is 8.78 Å². The van der Waals surface area contributed by atoms with Crippen LogP contribution < -0.4 is 5.32 Å². The Hall–Kier alpha value is -1.31. The van der Waals surface area contributed by atoms with Gasteiger partial charge in [0, 0.05) is 43.0 Å². The third-order valence-corrected chi connectivity index (χ3v) is 6.42. The van der Waals surface area contributed by atoms with Gasteiger partial charge in [0.2, 0.25) is 0 Å². The summed E-state index contributed by atoms with van der Waals surface area (Å²) in [5.41, 5.74) is 0. The fraction of sp³-hybridized carbons (Fsp3) is 0.750. The molecule has 1 N–H and O–H groups in total. The summed E-state index contributed by atoms with van der Waals surface area (Å²) in [5.74, 6) is 2.20. The van der Waals surface area contributed by atoms with E-state index in [0.29, 0.717) is 10.6 Å². The number of alkyl halides is 2. The molecule has 0 unspecified atom stereocenters. The van der Waals surface area contributed by atoms with Gasteiger partial charge in [0.15, 0.2) is 5.96 Å². The third-order valence-electron chi connectivity index (χ3n) is 4.89. The maximum atomic E-state index is 12.9. The molecule has 1 aromatic heterocycles. The van der Waals surface area contributed by atoms with Crippen LogP contribution in [0.15, 0.2) is 17.4 Å². The van der Waals surface area contributed by atoms with Gasteiger partial charge in [-0.05, 0) is 12.8 Å². The molecule has 1 spiro atoms. The average molecular weight is 357 g/mol. The summed E-state index contributed by atoms with van der Waals surface area (Å²) in [4.78, 5) is 10.7. The summed E-state index contributed by atoms with van der Waals surface area (Å²) in [7, 11) is 1.75. The standard InChI is InChI=1S/C16H25F2N5S/c1-19-15(21-11-13-20-7-8-23(13)14(17)18)22-9-10-24-16(12-22)5-3-2-4-6-16/h7-8,14H,2-6,9-12H2,1H3,(H,19,21). The van der Waals surface area contributed by atoms with Gasteiger partial charge >= 0.3 is 6.55 Å². The quantitative estimate of drug-likeness (QED) is 0.667. The van der Waals surface area contributed by atoms with E-state index < -0.39 is 6.55 Å². The molecule has 0 atom stereocenters. The minimum absolute atomic E-state index is 0.251. The second-order valence-corrected chi connectivity index (χ2v) is 8.01. The van der Waals surface area contributed by atoms with Crippen molar-refractivity contribution in [3.05, 3.63) is 18.2 Å². The molecule has 1 aliphatic heterocycles.